The summed E-state index contributed by atoms with van der Waals surface area (Å²) in [6.45, 7) is 3.04. The minimum atomic E-state index is -0.179. The molecule has 0 aromatic heterocycles. The molecule has 0 fully saturated rings. The summed E-state index contributed by atoms with van der Waals surface area (Å²) in [6, 6.07) is 16.8. The van der Waals surface area contributed by atoms with Crippen LogP contribution in [0, 0.1) is 0 Å². The van der Waals surface area contributed by atoms with Crippen molar-refractivity contribution < 1.29 is 9.59 Å². The van der Waals surface area contributed by atoms with Gasteiger partial charge in [0.15, 0.2) is 5.78 Å². The maximum Gasteiger partial charge on any atom is 0.246 e. The topological polar surface area (TPSA) is 37.4 Å². The molecule has 118 valence electrons. The summed E-state index contributed by atoms with van der Waals surface area (Å²) in [6.07, 6.45) is 2.68. The lowest BCUT2D eigenvalue weighted by molar-refractivity contribution is -0.126. The van der Waals surface area contributed by atoms with E-state index in [-0.39, 0.29) is 11.7 Å². The largest absolute Gasteiger partial charge is 0.335 e. The van der Waals surface area contributed by atoms with Crippen LogP contribution in [-0.2, 0) is 11.3 Å². The van der Waals surface area contributed by atoms with Gasteiger partial charge in [0.2, 0.25) is 5.91 Å². The summed E-state index contributed by atoms with van der Waals surface area (Å²) < 4.78 is 0.911. The number of nitrogens with zero attached hydrogens (tertiary/aromatic N) is 1. The highest BCUT2D eigenvalue weighted by atomic mass is 79.9. The number of carbonyl (C=O) groups is 2. The average Bonchev–Trinajstić information content (AvgIpc) is 2.58. The second-order valence-electron chi connectivity index (χ2n) is 5.04. The zero-order chi connectivity index (χ0) is 16.7. The number of rotatable bonds is 6. The normalized spacial score (nSPS) is 10.7. The predicted octanol–water partition coefficient (Wildman–Crippen LogP) is 4.24. The lowest BCUT2D eigenvalue weighted by Gasteiger charge is -2.19. The average molecular weight is 372 g/mol. The first-order valence-electron chi connectivity index (χ1n) is 7.41. The van der Waals surface area contributed by atoms with E-state index in [4.69, 9.17) is 0 Å². The lowest BCUT2D eigenvalue weighted by atomic mass is 10.1. The number of likely N-dealkylation sites (N-methyl/N-ethyl adjacent to an activating group) is 1. The van der Waals surface area contributed by atoms with Crippen LogP contribution in [-0.4, -0.2) is 23.1 Å². The van der Waals surface area contributed by atoms with Gasteiger partial charge in [-0.15, -0.1) is 0 Å². The van der Waals surface area contributed by atoms with Crippen molar-refractivity contribution >= 4 is 27.6 Å². The molecule has 0 atom stereocenters. The zero-order valence-corrected chi connectivity index (χ0v) is 14.5. The summed E-state index contributed by atoms with van der Waals surface area (Å²) in [5.41, 5.74) is 1.62. The van der Waals surface area contributed by atoms with Gasteiger partial charge >= 0.3 is 0 Å². The molecule has 2 aromatic rings. The summed E-state index contributed by atoms with van der Waals surface area (Å²) in [5.74, 6) is -0.344. The molecule has 0 unspecified atom stereocenters. The van der Waals surface area contributed by atoms with Crippen LogP contribution >= 0.6 is 15.9 Å². The summed E-state index contributed by atoms with van der Waals surface area (Å²) >= 11 is 3.33. The Morgan fingerprint density at radius 2 is 1.65 bits per heavy atom. The third kappa shape index (κ3) is 5.18. The van der Waals surface area contributed by atoms with Gasteiger partial charge in [0.25, 0.3) is 0 Å². The van der Waals surface area contributed by atoms with Crippen molar-refractivity contribution in [1.29, 1.82) is 0 Å². The van der Waals surface area contributed by atoms with E-state index in [0.29, 0.717) is 18.7 Å². The molecule has 0 saturated heterocycles. The van der Waals surface area contributed by atoms with Crippen molar-refractivity contribution in [3.8, 4) is 0 Å². The zero-order valence-electron chi connectivity index (χ0n) is 12.9. The minimum absolute atomic E-state index is 0.165. The second-order valence-corrected chi connectivity index (χ2v) is 5.96. The maximum atomic E-state index is 12.2. The van der Waals surface area contributed by atoms with Gasteiger partial charge in [-0.1, -0.05) is 46.3 Å². The number of benzene rings is 2. The first kappa shape index (κ1) is 17.2. The fourth-order valence-electron chi connectivity index (χ4n) is 2.11. The standard InChI is InChI=1S/C19H18BrNO2/c1-2-21(14-15-6-4-3-5-7-15)19(23)13-12-18(22)16-8-10-17(20)11-9-16/h3-13H,2,14H2,1H3/b13-12+. The van der Waals surface area contributed by atoms with Gasteiger partial charge in [-0.05, 0) is 42.8 Å². The van der Waals surface area contributed by atoms with E-state index in [2.05, 4.69) is 15.9 Å². The molecular weight excluding hydrogens is 354 g/mol. The fraction of sp³-hybridized carbons (Fsp3) is 0.158. The molecule has 3 nitrogen and oxygen atoms in total. The monoisotopic (exact) mass is 371 g/mol. The van der Waals surface area contributed by atoms with Crippen molar-refractivity contribution in [2.24, 2.45) is 0 Å². The molecular formula is C19H18BrNO2. The number of carbonyl (C=O) groups excluding carboxylic acids is 2. The summed E-state index contributed by atoms with van der Waals surface area (Å²) in [7, 11) is 0. The van der Waals surface area contributed by atoms with Crippen molar-refractivity contribution in [3.05, 3.63) is 82.3 Å². The van der Waals surface area contributed by atoms with Gasteiger partial charge in [-0.2, -0.15) is 0 Å². The first-order valence-corrected chi connectivity index (χ1v) is 8.20. The number of ketones is 1. The van der Waals surface area contributed by atoms with E-state index < -0.39 is 0 Å². The maximum absolute atomic E-state index is 12.2. The third-order valence-electron chi connectivity index (χ3n) is 3.42. The van der Waals surface area contributed by atoms with E-state index in [1.807, 2.05) is 37.3 Å². The Hall–Kier alpha value is -2.20. The highest BCUT2D eigenvalue weighted by Crippen LogP contribution is 2.11. The Morgan fingerprint density at radius 3 is 2.26 bits per heavy atom. The number of halogens is 1. The van der Waals surface area contributed by atoms with Gasteiger partial charge < -0.3 is 4.90 Å². The van der Waals surface area contributed by atoms with Gasteiger partial charge in [0, 0.05) is 29.2 Å². The Balaban J connectivity index is 2.01. The molecule has 23 heavy (non-hydrogen) atoms. The molecule has 0 spiro atoms. The summed E-state index contributed by atoms with van der Waals surface area (Å²) in [5, 5.41) is 0. The van der Waals surface area contributed by atoms with E-state index in [1.54, 1.807) is 29.2 Å². The van der Waals surface area contributed by atoms with Gasteiger partial charge in [0.1, 0.15) is 0 Å². The van der Waals surface area contributed by atoms with Crippen LogP contribution in [0.15, 0.2) is 71.2 Å². The van der Waals surface area contributed by atoms with Gasteiger partial charge in [0.05, 0.1) is 0 Å². The van der Waals surface area contributed by atoms with E-state index in [9.17, 15) is 9.59 Å². The van der Waals surface area contributed by atoms with E-state index >= 15 is 0 Å². The van der Waals surface area contributed by atoms with Crippen molar-refractivity contribution in [2.45, 2.75) is 13.5 Å². The third-order valence-corrected chi connectivity index (χ3v) is 3.94. The van der Waals surface area contributed by atoms with Crippen LogP contribution < -0.4 is 0 Å². The summed E-state index contributed by atoms with van der Waals surface area (Å²) in [4.78, 5) is 26.0. The Kier molecular flexibility index (Phi) is 6.29. The Morgan fingerprint density at radius 1 is 1.00 bits per heavy atom. The fourth-order valence-corrected chi connectivity index (χ4v) is 2.38. The molecule has 2 rings (SSSR count). The smallest absolute Gasteiger partial charge is 0.246 e. The highest BCUT2D eigenvalue weighted by Gasteiger charge is 2.10. The quantitative estimate of drug-likeness (QED) is 0.562. The molecule has 1 amide bonds. The molecule has 2 aromatic carbocycles. The number of amides is 1. The minimum Gasteiger partial charge on any atom is -0.335 e. The van der Waals surface area contributed by atoms with E-state index in [1.165, 1.54) is 12.2 Å². The molecule has 0 radical (unpaired) electrons. The molecule has 0 aliphatic carbocycles. The van der Waals surface area contributed by atoms with Crippen LogP contribution in [0.3, 0.4) is 0 Å². The predicted molar refractivity (Wildman–Crippen MR) is 95.1 cm³/mol. The molecule has 4 heteroatoms. The van der Waals surface area contributed by atoms with Gasteiger partial charge in [-0.25, -0.2) is 0 Å². The number of hydrogen-bond acceptors (Lipinski definition) is 2. The molecule has 0 heterocycles. The van der Waals surface area contributed by atoms with Crippen LogP contribution in [0.4, 0.5) is 0 Å². The highest BCUT2D eigenvalue weighted by molar-refractivity contribution is 9.10. The molecule has 0 saturated carbocycles. The van der Waals surface area contributed by atoms with Crippen LogP contribution in [0.25, 0.3) is 0 Å². The number of hydrogen-bond donors (Lipinski definition) is 0. The van der Waals surface area contributed by atoms with E-state index in [0.717, 1.165) is 10.0 Å². The first-order chi connectivity index (χ1) is 11.1. The lowest BCUT2D eigenvalue weighted by Crippen LogP contribution is -2.28. The number of allylic oxidation sites excluding steroid dienone is 1. The Bertz CT molecular complexity index is 693. The van der Waals surface area contributed by atoms with Crippen molar-refractivity contribution in [2.75, 3.05) is 6.54 Å². The van der Waals surface area contributed by atoms with Crippen molar-refractivity contribution in [1.82, 2.24) is 4.90 Å². The van der Waals surface area contributed by atoms with Crippen LogP contribution in [0.2, 0.25) is 0 Å². The molecule has 0 N–H and O–H groups in total. The second kappa shape index (κ2) is 8.44. The SMILES string of the molecule is CCN(Cc1ccccc1)C(=O)/C=C/C(=O)c1ccc(Br)cc1. The van der Waals surface area contributed by atoms with Crippen LogP contribution in [0.1, 0.15) is 22.8 Å². The molecule has 0 aliphatic rings. The molecule has 0 aliphatic heterocycles. The van der Waals surface area contributed by atoms with Crippen molar-refractivity contribution in [3.63, 3.8) is 0 Å². The van der Waals surface area contributed by atoms with Gasteiger partial charge in [-0.3, -0.25) is 9.59 Å². The van der Waals surface area contributed by atoms with Crippen LogP contribution in [0.5, 0.6) is 0 Å². The Labute approximate surface area is 144 Å². The molecule has 0 bridgehead atoms.